The Bertz CT molecular complexity index is 325. The summed E-state index contributed by atoms with van der Waals surface area (Å²) in [6, 6.07) is -0.144. The largest absolute Gasteiger partial charge is 0.481 e. The topological polar surface area (TPSA) is 69.6 Å². The molecule has 0 saturated carbocycles. The second-order valence-corrected chi connectivity index (χ2v) is 6.24. The summed E-state index contributed by atoms with van der Waals surface area (Å²) in [6.07, 6.45) is 6.52. The molecule has 0 spiro atoms. The van der Waals surface area contributed by atoms with Crippen LogP contribution in [-0.4, -0.2) is 47.6 Å². The van der Waals surface area contributed by atoms with E-state index >= 15 is 0 Å². The zero-order chi connectivity index (χ0) is 15.7. The molecule has 1 aliphatic rings. The van der Waals surface area contributed by atoms with Crippen LogP contribution in [-0.2, 0) is 9.59 Å². The fourth-order valence-electron chi connectivity index (χ4n) is 2.71. The first-order chi connectivity index (χ1) is 10.0. The van der Waals surface area contributed by atoms with Gasteiger partial charge in [-0.1, -0.05) is 19.8 Å². The molecular weight excluding hydrogens is 268 g/mol. The molecule has 21 heavy (non-hydrogen) atoms. The summed E-state index contributed by atoms with van der Waals surface area (Å²) < 4.78 is 0. The summed E-state index contributed by atoms with van der Waals surface area (Å²) in [5.74, 6) is -0.163. The van der Waals surface area contributed by atoms with Crippen LogP contribution in [0.4, 0.5) is 0 Å². The van der Waals surface area contributed by atoms with E-state index in [1.165, 1.54) is 12.8 Å². The van der Waals surface area contributed by atoms with Gasteiger partial charge < -0.3 is 15.3 Å². The van der Waals surface area contributed by atoms with Gasteiger partial charge in [-0.2, -0.15) is 0 Å². The summed E-state index contributed by atoms with van der Waals surface area (Å²) in [5, 5.41) is 11.9. The summed E-state index contributed by atoms with van der Waals surface area (Å²) in [7, 11) is 0. The van der Waals surface area contributed by atoms with E-state index in [1.807, 2.05) is 11.8 Å². The molecule has 2 atom stereocenters. The number of likely N-dealkylation sites (tertiary alicyclic amines) is 1. The van der Waals surface area contributed by atoms with Crippen LogP contribution >= 0.6 is 0 Å². The van der Waals surface area contributed by atoms with E-state index < -0.39 is 5.97 Å². The molecule has 0 aromatic rings. The van der Waals surface area contributed by atoms with Crippen molar-refractivity contribution in [2.24, 2.45) is 5.92 Å². The van der Waals surface area contributed by atoms with Crippen LogP contribution in [0, 0.1) is 5.92 Å². The van der Waals surface area contributed by atoms with E-state index in [0.717, 1.165) is 38.9 Å². The average Bonchev–Trinajstić information content (AvgIpc) is 2.73. The van der Waals surface area contributed by atoms with Crippen molar-refractivity contribution in [3.63, 3.8) is 0 Å². The Labute approximate surface area is 128 Å². The summed E-state index contributed by atoms with van der Waals surface area (Å²) in [4.78, 5) is 24.8. The van der Waals surface area contributed by atoms with Gasteiger partial charge in [-0.3, -0.25) is 9.59 Å². The number of carbonyl (C=O) groups excluding carboxylic acids is 1. The highest BCUT2D eigenvalue weighted by atomic mass is 16.4. The number of carbonyl (C=O) groups is 2. The minimum atomic E-state index is -0.737. The van der Waals surface area contributed by atoms with E-state index in [0.29, 0.717) is 12.3 Å². The van der Waals surface area contributed by atoms with Crippen LogP contribution in [0.15, 0.2) is 0 Å². The molecule has 0 aliphatic carbocycles. The highest BCUT2D eigenvalue weighted by Gasteiger charge is 2.20. The van der Waals surface area contributed by atoms with E-state index in [4.69, 9.17) is 5.11 Å². The third kappa shape index (κ3) is 7.46. The molecule has 1 heterocycles. The number of amides is 1. The van der Waals surface area contributed by atoms with Crippen molar-refractivity contribution in [3.8, 4) is 0 Å². The maximum absolute atomic E-state index is 12.3. The van der Waals surface area contributed by atoms with E-state index in [1.54, 1.807) is 0 Å². The zero-order valence-electron chi connectivity index (χ0n) is 13.4. The van der Waals surface area contributed by atoms with Crippen LogP contribution in [0.3, 0.4) is 0 Å². The Kier molecular flexibility index (Phi) is 8.35. The van der Waals surface area contributed by atoms with Crippen LogP contribution in [0.1, 0.15) is 58.8 Å². The predicted octanol–water partition coefficient (Wildman–Crippen LogP) is 2.26. The quantitative estimate of drug-likeness (QED) is 0.721. The van der Waals surface area contributed by atoms with Gasteiger partial charge in [0.05, 0.1) is 6.04 Å². The molecule has 5 nitrogen and oxygen atoms in total. The first-order valence-electron chi connectivity index (χ1n) is 8.24. The van der Waals surface area contributed by atoms with Crippen LogP contribution in [0.25, 0.3) is 0 Å². The normalized spacial score (nSPS) is 18.9. The van der Waals surface area contributed by atoms with Crippen LogP contribution < -0.4 is 5.32 Å². The number of rotatable bonds is 8. The van der Waals surface area contributed by atoms with Crippen molar-refractivity contribution >= 4 is 11.9 Å². The molecule has 1 rings (SSSR count). The maximum atomic E-state index is 12.3. The lowest BCUT2D eigenvalue weighted by molar-refractivity contribution is -0.137. The Morgan fingerprint density at radius 3 is 2.29 bits per heavy atom. The summed E-state index contributed by atoms with van der Waals surface area (Å²) >= 11 is 0. The second-order valence-electron chi connectivity index (χ2n) is 6.24. The minimum Gasteiger partial charge on any atom is -0.481 e. The van der Waals surface area contributed by atoms with Crippen molar-refractivity contribution in [1.29, 1.82) is 0 Å². The maximum Gasteiger partial charge on any atom is 0.303 e. The first-order valence-corrected chi connectivity index (χ1v) is 8.24. The Morgan fingerprint density at radius 1 is 1.10 bits per heavy atom. The molecule has 0 bridgehead atoms. The number of nitrogens with one attached hydrogen (secondary N) is 1. The fourth-order valence-corrected chi connectivity index (χ4v) is 2.71. The average molecular weight is 298 g/mol. The van der Waals surface area contributed by atoms with E-state index in [-0.39, 0.29) is 18.4 Å². The van der Waals surface area contributed by atoms with Crippen molar-refractivity contribution in [3.05, 3.63) is 0 Å². The monoisotopic (exact) mass is 298 g/mol. The van der Waals surface area contributed by atoms with Crippen molar-refractivity contribution in [2.75, 3.05) is 19.6 Å². The molecule has 1 amide bonds. The molecule has 0 aromatic heterocycles. The fraction of sp³-hybridized carbons (Fsp3) is 0.875. The number of carboxylic acid groups (broad SMARTS) is 1. The third-order valence-electron chi connectivity index (χ3n) is 4.23. The Hall–Kier alpha value is -1.10. The lowest BCUT2D eigenvalue weighted by atomic mass is 10.0. The van der Waals surface area contributed by atoms with Gasteiger partial charge in [-0.15, -0.1) is 0 Å². The molecule has 1 fully saturated rings. The summed E-state index contributed by atoms with van der Waals surface area (Å²) in [5.41, 5.74) is 0. The number of nitrogens with zero attached hydrogens (tertiary/aromatic N) is 1. The second kappa shape index (κ2) is 9.77. The van der Waals surface area contributed by atoms with Gasteiger partial charge >= 0.3 is 5.97 Å². The number of carboxylic acids is 1. The van der Waals surface area contributed by atoms with Gasteiger partial charge in [0.2, 0.25) is 5.91 Å². The summed E-state index contributed by atoms with van der Waals surface area (Å²) in [6.45, 7) is 6.53. The van der Waals surface area contributed by atoms with Gasteiger partial charge in [0, 0.05) is 19.5 Å². The Morgan fingerprint density at radius 2 is 1.71 bits per heavy atom. The molecular formula is C16H30N2O3. The van der Waals surface area contributed by atoms with Gasteiger partial charge in [0.1, 0.15) is 0 Å². The third-order valence-corrected chi connectivity index (χ3v) is 4.23. The highest BCUT2D eigenvalue weighted by molar-refractivity contribution is 5.81. The number of hydrogen-bond donors (Lipinski definition) is 2. The van der Waals surface area contributed by atoms with Crippen molar-refractivity contribution in [1.82, 2.24) is 10.2 Å². The van der Waals surface area contributed by atoms with Gasteiger partial charge in [0.25, 0.3) is 0 Å². The molecule has 1 aliphatic heterocycles. The zero-order valence-corrected chi connectivity index (χ0v) is 13.4. The Balaban J connectivity index is 2.21. The lowest BCUT2D eigenvalue weighted by Crippen LogP contribution is -2.45. The predicted molar refractivity (Wildman–Crippen MR) is 83.2 cm³/mol. The van der Waals surface area contributed by atoms with Crippen LogP contribution in [0.5, 0.6) is 0 Å². The van der Waals surface area contributed by atoms with Gasteiger partial charge in [-0.05, 0) is 45.1 Å². The first kappa shape index (κ1) is 18.0. The van der Waals surface area contributed by atoms with Crippen LogP contribution in [0.2, 0.25) is 0 Å². The molecule has 0 aromatic carbocycles. The molecule has 0 radical (unpaired) electrons. The van der Waals surface area contributed by atoms with Gasteiger partial charge in [0.15, 0.2) is 0 Å². The molecule has 122 valence electrons. The van der Waals surface area contributed by atoms with Gasteiger partial charge in [-0.25, -0.2) is 0 Å². The molecule has 2 unspecified atom stereocenters. The van der Waals surface area contributed by atoms with E-state index in [2.05, 4.69) is 12.2 Å². The highest BCUT2D eigenvalue weighted by Crippen LogP contribution is 2.12. The van der Waals surface area contributed by atoms with E-state index in [9.17, 15) is 9.59 Å². The minimum absolute atomic E-state index is 0.144. The van der Waals surface area contributed by atoms with Crippen molar-refractivity contribution < 1.29 is 14.7 Å². The number of hydrogen-bond acceptors (Lipinski definition) is 3. The molecule has 2 N–H and O–H groups in total. The SMILES string of the molecule is CC(CCNC(C)C(=O)N1CCCCCC1)CCC(=O)O. The molecule has 5 heteroatoms. The smallest absolute Gasteiger partial charge is 0.303 e. The molecule has 1 saturated heterocycles. The lowest BCUT2D eigenvalue weighted by Gasteiger charge is -2.25. The number of aliphatic carboxylic acids is 1. The van der Waals surface area contributed by atoms with Crippen molar-refractivity contribution in [2.45, 2.75) is 64.8 Å². The standard InChI is InChI=1S/C16H30N2O3/c1-13(7-8-15(19)20)9-10-17-14(2)16(21)18-11-5-3-4-6-12-18/h13-14,17H,3-12H2,1-2H3,(H,19,20).